The van der Waals surface area contributed by atoms with E-state index in [2.05, 4.69) is 21.0 Å². The van der Waals surface area contributed by atoms with Gasteiger partial charge in [-0.1, -0.05) is 11.6 Å². The van der Waals surface area contributed by atoms with Gasteiger partial charge in [-0.25, -0.2) is 9.07 Å². The number of ketones is 1. The summed E-state index contributed by atoms with van der Waals surface area (Å²) in [7, 11) is 1.43. The quantitative estimate of drug-likeness (QED) is 0.521. The second kappa shape index (κ2) is 5.58. The number of aryl methyl sites for hydroxylation is 1. The smallest absolute Gasteiger partial charge is 0.219 e. The van der Waals surface area contributed by atoms with Crippen LogP contribution < -0.4 is 5.73 Å². The molecule has 0 aliphatic carbocycles. The minimum absolute atomic E-state index is 0.0326. The van der Waals surface area contributed by atoms with Crippen LogP contribution >= 0.6 is 27.5 Å². The maximum atomic E-state index is 14.0. The molecule has 0 fully saturated rings. The summed E-state index contributed by atoms with van der Waals surface area (Å²) in [5.41, 5.74) is 6.22. The van der Waals surface area contributed by atoms with Crippen LogP contribution in [0.1, 0.15) is 15.9 Å². The lowest BCUT2D eigenvalue weighted by atomic mass is 10.00. The van der Waals surface area contributed by atoms with Crippen molar-refractivity contribution >= 4 is 49.9 Å². The van der Waals surface area contributed by atoms with Crippen LogP contribution in [0.15, 0.2) is 28.7 Å². The minimum Gasteiger partial charge on any atom is -0.398 e. The molecule has 0 radical (unpaired) electrons. The molecule has 0 saturated heterocycles. The first-order valence-electron chi connectivity index (χ1n) is 6.41. The third-order valence-corrected chi connectivity index (χ3v) is 4.53. The summed E-state index contributed by atoms with van der Waals surface area (Å²) in [6, 6.07) is 4.78. The first-order valence-corrected chi connectivity index (χ1v) is 7.58. The van der Waals surface area contributed by atoms with E-state index in [0.717, 1.165) is 16.8 Å². The summed E-state index contributed by atoms with van der Waals surface area (Å²) in [6.07, 6.45) is 0. The van der Waals surface area contributed by atoms with E-state index < -0.39 is 17.5 Å². The number of nitrogen functional groups attached to an aromatic ring is 1. The highest BCUT2D eigenvalue weighted by atomic mass is 79.9. The predicted molar refractivity (Wildman–Crippen MR) is 87.6 cm³/mol. The maximum Gasteiger partial charge on any atom is 0.219 e. The molecule has 3 rings (SSSR count). The van der Waals surface area contributed by atoms with Gasteiger partial charge in [0.15, 0.2) is 5.78 Å². The standard InChI is InChI=1S/C15H9BrClF2N3O/c1-22-15(19)8-5-10(20)11(12(16)13(8)21-22)14(23)7-4-6(18)2-3-9(7)17/h2-5H,20H2,1H3. The SMILES string of the molecule is Cn1nc2c(Br)c(C(=O)c3cc(F)ccc3Cl)c(N)cc2c1F. The Morgan fingerprint density at radius 3 is 2.74 bits per heavy atom. The van der Waals surface area contributed by atoms with Crippen molar-refractivity contribution in [2.24, 2.45) is 7.05 Å². The molecule has 1 heterocycles. The molecular formula is C15H9BrClF2N3O. The number of nitrogens with two attached hydrogens (primary N) is 1. The Balaban J connectivity index is 2.27. The first-order chi connectivity index (χ1) is 10.8. The van der Waals surface area contributed by atoms with E-state index in [1.807, 2.05) is 0 Å². The monoisotopic (exact) mass is 399 g/mol. The summed E-state index contributed by atoms with van der Waals surface area (Å²) >= 11 is 9.21. The Bertz CT molecular complexity index is 971. The van der Waals surface area contributed by atoms with Crippen LogP contribution in [0.25, 0.3) is 10.9 Å². The van der Waals surface area contributed by atoms with Gasteiger partial charge in [0.2, 0.25) is 5.95 Å². The fourth-order valence-corrected chi connectivity index (χ4v) is 3.22. The Morgan fingerprint density at radius 1 is 1.35 bits per heavy atom. The predicted octanol–water partition coefficient (Wildman–Crippen LogP) is 4.08. The van der Waals surface area contributed by atoms with Gasteiger partial charge in [0.05, 0.1) is 20.4 Å². The van der Waals surface area contributed by atoms with Crippen molar-refractivity contribution in [3.63, 3.8) is 0 Å². The minimum atomic E-state index is -0.600. The second-order valence-electron chi connectivity index (χ2n) is 4.92. The molecule has 0 unspecified atom stereocenters. The van der Waals surface area contributed by atoms with Crippen molar-refractivity contribution < 1.29 is 13.6 Å². The van der Waals surface area contributed by atoms with Crippen molar-refractivity contribution in [2.75, 3.05) is 5.73 Å². The number of aromatic nitrogens is 2. The number of hydrogen-bond donors (Lipinski definition) is 1. The van der Waals surface area contributed by atoms with Gasteiger partial charge < -0.3 is 5.73 Å². The van der Waals surface area contributed by atoms with Gasteiger partial charge in [-0.2, -0.15) is 9.49 Å². The summed E-state index contributed by atoms with van der Waals surface area (Å²) in [5, 5.41) is 4.28. The Hall–Kier alpha value is -1.99. The van der Waals surface area contributed by atoms with E-state index in [1.165, 1.54) is 19.2 Å². The molecule has 0 spiro atoms. The maximum absolute atomic E-state index is 14.0. The van der Waals surface area contributed by atoms with Crippen LogP contribution in [0.4, 0.5) is 14.5 Å². The fourth-order valence-electron chi connectivity index (χ4n) is 2.32. The van der Waals surface area contributed by atoms with Crippen molar-refractivity contribution in [1.29, 1.82) is 0 Å². The molecule has 4 nitrogen and oxygen atoms in total. The van der Waals surface area contributed by atoms with E-state index in [-0.39, 0.29) is 37.2 Å². The normalized spacial score (nSPS) is 11.2. The van der Waals surface area contributed by atoms with Gasteiger partial charge in [0.25, 0.3) is 0 Å². The molecule has 0 bridgehead atoms. The average Bonchev–Trinajstić information content (AvgIpc) is 2.78. The lowest BCUT2D eigenvalue weighted by Gasteiger charge is -2.09. The van der Waals surface area contributed by atoms with Gasteiger partial charge >= 0.3 is 0 Å². The van der Waals surface area contributed by atoms with E-state index >= 15 is 0 Å². The second-order valence-corrected chi connectivity index (χ2v) is 6.12. The lowest BCUT2D eigenvalue weighted by Crippen LogP contribution is -2.08. The number of carbonyl (C=O) groups excluding carboxylic acids is 1. The fraction of sp³-hybridized carbons (Fsp3) is 0.0667. The number of rotatable bonds is 2. The molecule has 0 aliphatic heterocycles. The van der Waals surface area contributed by atoms with Gasteiger partial charge in [0.1, 0.15) is 11.3 Å². The molecule has 0 atom stereocenters. The zero-order chi connectivity index (χ0) is 16.9. The third-order valence-electron chi connectivity index (χ3n) is 3.43. The Kier molecular flexibility index (Phi) is 3.85. The van der Waals surface area contributed by atoms with E-state index in [1.54, 1.807) is 0 Å². The number of benzene rings is 2. The van der Waals surface area contributed by atoms with E-state index in [9.17, 15) is 13.6 Å². The number of nitrogens with zero attached hydrogens (tertiary/aromatic N) is 2. The average molecular weight is 401 g/mol. The topological polar surface area (TPSA) is 60.9 Å². The zero-order valence-electron chi connectivity index (χ0n) is 11.7. The first kappa shape index (κ1) is 15.9. The molecule has 3 aromatic rings. The largest absolute Gasteiger partial charge is 0.398 e. The highest BCUT2D eigenvalue weighted by Gasteiger charge is 2.24. The third kappa shape index (κ3) is 2.49. The summed E-state index contributed by atoms with van der Waals surface area (Å²) in [4.78, 5) is 12.7. The lowest BCUT2D eigenvalue weighted by molar-refractivity contribution is 0.103. The van der Waals surface area contributed by atoms with Crippen LogP contribution in [0.5, 0.6) is 0 Å². The molecule has 0 amide bonds. The van der Waals surface area contributed by atoms with Crippen LogP contribution in [0, 0.1) is 11.8 Å². The van der Waals surface area contributed by atoms with Crippen LogP contribution in [-0.2, 0) is 7.05 Å². The summed E-state index contributed by atoms with van der Waals surface area (Å²) in [5.74, 6) is -1.75. The number of carbonyl (C=O) groups is 1. The summed E-state index contributed by atoms with van der Waals surface area (Å²) in [6.45, 7) is 0. The van der Waals surface area contributed by atoms with Crippen molar-refractivity contribution in [1.82, 2.24) is 9.78 Å². The number of anilines is 1. The molecule has 23 heavy (non-hydrogen) atoms. The molecular weight excluding hydrogens is 392 g/mol. The van der Waals surface area contributed by atoms with Crippen LogP contribution in [0.3, 0.4) is 0 Å². The molecule has 8 heteroatoms. The highest BCUT2D eigenvalue weighted by molar-refractivity contribution is 9.10. The van der Waals surface area contributed by atoms with E-state index in [4.69, 9.17) is 17.3 Å². The van der Waals surface area contributed by atoms with Gasteiger partial charge in [0, 0.05) is 18.3 Å². The van der Waals surface area contributed by atoms with Gasteiger partial charge in [-0.3, -0.25) is 4.79 Å². The molecule has 1 aromatic heterocycles. The molecule has 0 saturated carbocycles. The Labute approximate surface area is 143 Å². The van der Waals surface area contributed by atoms with Gasteiger partial charge in [-0.05, 0) is 40.2 Å². The molecule has 2 N–H and O–H groups in total. The van der Waals surface area contributed by atoms with Crippen molar-refractivity contribution in [3.05, 3.63) is 56.7 Å². The number of fused-ring (bicyclic) bond motifs is 1. The van der Waals surface area contributed by atoms with Crippen molar-refractivity contribution in [2.45, 2.75) is 0 Å². The Morgan fingerprint density at radius 2 is 2.04 bits per heavy atom. The highest BCUT2D eigenvalue weighted by Crippen LogP contribution is 2.35. The van der Waals surface area contributed by atoms with Crippen LogP contribution in [-0.4, -0.2) is 15.6 Å². The summed E-state index contributed by atoms with van der Waals surface area (Å²) < 4.78 is 28.6. The molecule has 0 aliphatic rings. The van der Waals surface area contributed by atoms with Crippen LogP contribution in [0.2, 0.25) is 5.02 Å². The molecule has 2 aromatic carbocycles. The zero-order valence-corrected chi connectivity index (χ0v) is 14.0. The number of hydrogen-bond acceptors (Lipinski definition) is 3. The van der Waals surface area contributed by atoms with Gasteiger partial charge in [-0.15, -0.1) is 0 Å². The number of halogens is 4. The molecule has 118 valence electrons. The van der Waals surface area contributed by atoms with E-state index in [0.29, 0.717) is 0 Å². The van der Waals surface area contributed by atoms with Crippen molar-refractivity contribution in [3.8, 4) is 0 Å².